The molecule has 1 saturated heterocycles. The summed E-state index contributed by atoms with van der Waals surface area (Å²) in [6.07, 6.45) is 5.62. The predicted molar refractivity (Wildman–Crippen MR) is 153 cm³/mol. The van der Waals surface area contributed by atoms with Crippen molar-refractivity contribution in [3.8, 4) is 17.0 Å². The van der Waals surface area contributed by atoms with Gasteiger partial charge in [-0.3, -0.25) is 4.79 Å². The maximum atomic E-state index is 14.2. The van der Waals surface area contributed by atoms with Gasteiger partial charge in [0.1, 0.15) is 11.6 Å². The number of imidazole rings is 1. The maximum absolute atomic E-state index is 14.2. The van der Waals surface area contributed by atoms with Gasteiger partial charge < -0.3 is 29.6 Å². The number of benzene rings is 2. The van der Waals surface area contributed by atoms with E-state index in [1.165, 1.54) is 12.1 Å². The number of ether oxygens (including phenoxy) is 2. The van der Waals surface area contributed by atoms with Crippen molar-refractivity contribution in [1.29, 1.82) is 0 Å². The van der Waals surface area contributed by atoms with Crippen LogP contribution < -0.4 is 15.4 Å². The molecule has 1 aliphatic heterocycles. The Bertz CT molecular complexity index is 1320. The summed E-state index contributed by atoms with van der Waals surface area (Å²) in [6.45, 7) is 4.30. The van der Waals surface area contributed by atoms with Crippen LogP contribution in [0.1, 0.15) is 55.6 Å². The number of carbonyl (C=O) groups excluding carboxylic acids is 2. The Labute approximate surface area is 240 Å². The lowest BCUT2D eigenvalue weighted by Crippen LogP contribution is -2.54. The van der Waals surface area contributed by atoms with Gasteiger partial charge in [-0.2, -0.15) is 0 Å². The summed E-state index contributed by atoms with van der Waals surface area (Å²) in [7, 11) is 0. The fraction of sp³-hybridized carbons (Fsp3) is 0.452. The van der Waals surface area contributed by atoms with Crippen LogP contribution in [0.3, 0.4) is 0 Å². The van der Waals surface area contributed by atoms with Crippen molar-refractivity contribution in [2.75, 3.05) is 32.8 Å². The van der Waals surface area contributed by atoms with Gasteiger partial charge in [0, 0.05) is 43.7 Å². The number of halogens is 1. The molecule has 0 spiro atoms. The normalized spacial score (nSPS) is 20.8. The fourth-order valence-corrected chi connectivity index (χ4v) is 5.88. The second kappa shape index (κ2) is 13.6. The third kappa shape index (κ3) is 6.87. The topological polar surface area (TPSA) is 97.7 Å². The molecule has 3 atom stereocenters. The van der Waals surface area contributed by atoms with E-state index < -0.39 is 6.09 Å². The quantitative estimate of drug-likeness (QED) is 0.388. The van der Waals surface area contributed by atoms with Crippen molar-refractivity contribution in [2.45, 2.75) is 57.2 Å². The standard InChI is InChI=1S/C31H38FN5O4/c1-2-40-31(39)35-26-13-6-7-14-27(26)37-21-34-28(29(37)22-9-4-3-5-10-22)30(38)36-17-16-33-20-24(36)15-18-41-25-12-8-11-23(32)19-25/h3-5,8-12,19,21,24,26-27,33H,2,6-7,13-18,20H2,1H3,(H,35,39)/t24-,26+,27+/m1/s1. The van der Waals surface area contributed by atoms with E-state index in [9.17, 15) is 14.0 Å². The number of alkyl carbamates (subject to hydrolysis) is 1. The number of nitrogens with zero attached hydrogens (tertiary/aromatic N) is 3. The average molecular weight is 564 g/mol. The summed E-state index contributed by atoms with van der Waals surface area (Å²) in [5.74, 6) is -0.0129. The first-order valence-corrected chi connectivity index (χ1v) is 14.5. The molecule has 5 rings (SSSR count). The van der Waals surface area contributed by atoms with Gasteiger partial charge >= 0.3 is 6.09 Å². The van der Waals surface area contributed by atoms with E-state index in [2.05, 4.69) is 15.2 Å². The van der Waals surface area contributed by atoms with Crippen LogP contribution in [0.5, 0.6) is 5.75 Å². The van der Waals surface area contributed by atoms with Crippen LogP contribution in [-0.4, -0.2) is 71.4 Å². The van der Waals surface area contributed by atoms with Gasteiger partial charge in [0.05, 0.1) is 37.3 Å². The van der Waals surface area contributed by atoms with E-state index in [0.717, 1.165) is 36.9 Å². The van der Waals surface area contributed by atoms with E-state index >= 15 is 0 Å². The molecule has 2 fully saturated rings. The monoisotopic (exact) mass is 563 g/mol. The number of hydrogen-bond acceptors (Lipinski definition) is 6. The van der Waals surface area contributed by atoms with Gasteiger partial charge in [-0.25, -0.2) is 14.2 Å². The summed E-state index contributed by atoms with van der Waals surface area (Å²) in [5.41, 5.74) is 2.05. The van der Waals surface area contributed by atoms with E-state index in [1.807, 2.05) is 35.2 Å². The van der Waals surface area contributed by atoms with Crippen LogP contribution in [0.4, 0.5) is 9.18 Å². The molecular formula is C31H38FN5O4. The minimum absolute atomic E-state index is 0.0594. The zero-order valence-corrected chi connectivity index (χ0v) is 23.4. The number of aromatic nitrogens is 2. The highest BCUT2D eigenvalue weighted by atomic mass is 19.1. The number of nitrogens with one attached hydrogen (secondary N) is 2. The Morgan fingerprint density at radius 3 is 2.76 bits per heavy atom. The molecule has 2 amide bonds. The smallest absolute Gasteiger partial charge is 0.407 e. The Morgan fingerprint density at radius 1 is 1.12 bits per heavy atom. The number of hydrogen-bond donors (Lipinski definition) is 2. The van der Waals surface area contributed by atoms with E-state index in [0.29, 0.717) is 50.7 Å². The van der Waals surface area contributed by atoms with Crippen molar-refractivity contribution in [3.05, 3.63) is 72.4 Å². The molecule has 2 N–H and O–H groups in total. The number of rotatable bonds is 9. The van der Waals surface area contributed by atoms with Gasteiger partial charge in [-0.05, 0) is 31.9 Å². The first-order chi connectivity index (χ1) is 20.0. The molecule has 2 aliphatic rings. The number of amides is 2. The zero-order chi connectivity index (χ0) is 28.6. The summed E-state index contributed by atoms with van der Waals surface area (Å²) in [5, 5.41) is 6.42. The second-order valence-electron chi connectivity index (χ2n) is 10.5. The Kier molecular flexibility index (Phi) is 9.51. The molecule has 218 valence electrons. The van der Waals surface area contributed by atoms with Crippen LogP contribution in [0.2, 0.25) is 0 Å². The fourth-order valence-electron chi connectivity index (χ4n) is 5.88. The van der Waals surface area contributed by atoms with Crippen molar-refractivity contribution in [3.63, 3.8) is 0 Å². The van der Waals surface area contributed by atoms with Gasteiger partial charge in [0.25, 0.3) is 5.91 Å². The van der Waals surface area contributed by atoms with Gasteiger partial charge in [0.15, 0.2) is 5.69 Å². The minimum atomic E-state index is -0.425. The first-order valence-electron chi connectivity index (χ1n) is 14.5. The van der Waals surface area contributed by atoms with E-state index in [1.54, 1.807) is 25.4 Å². The highest BCUT2D eigenvalue weighted by molar-refractivity contribution is 5.98. The predicted octanol–water partition coefficient (Wildman–Crippen LogP) is 4.80. The van der Waals surface area contributed by atoms with Crippen LogP contribution in [-0.2, 0) is 4.74 Å². The van der Waals surface area contributed by atoms with Crippen molar-refractivity contribution in [1.82, 2.24) is 25.1 Å². The van der Waals surface area contributed by atoms with E-state index in [4.69, 9.17) is 14.5 Å². The Hall–Kier alpha value is -3.92. The molecule has 9 nitrogen and oxygen atoms in total. The highest BCUT2D eigenvalue weighted by Gasteiger charge is 2.35. The summed E-state index contributed by atoms with van der Waals surface area (Å²) >= 11 is 0. The molecule has 41 heavy (non-hydrogen) atoms. The summed E-state index contributed by atoms with van der Waals surface area (Å²) < 4.78 is 26.6. The van der Waals surface area contributed by atoms with Crippen LogP contribution in [0.15, 0.2) is 60.9 Å². The van der Waals surface area contributed by atoms with E-state index in [-0.39, 0.29) is 29.8 Å². The summed E-state index contributed by atoms with van der Waals surface area (Å²) in [6, 6.07) is 15.6. The Balaban J connectivity index is 1.40. The van der Waals surface area contributed by atoms with Crippen molar-refractivity contribution >= 4 is 12.0 Å². The van der Waals surface area contributed by atoms with Crippen LogP contribution >= 0.6 is 0 Å². The average Bonchev–Trinajstić information content (AvgIpc) is 3.43. The Morgan fingerprint density at radius 2 is 1.95 bits per heavy atom. The minimum Gasteiger partial charge on any atom is -0.493 e. The molecule has 1 aliphatic carbocycles. The lowest BCUT2D eigenvalue weighted by molar-refractivity contribution is 0.0601. The zero-order valence-electron chi connectivity index (χ0n) is 23.4. The maximum Gasteiger partial charge on any atom is 0.407 e. The molecule has 0 radical (unpaired) electrons. The lowest BCUT2D eigenvalue weighted by Gasteiger charge is -2.36. The van der Waals surface area contributed by atoms with Crippen LogP contribution in [0.25, 0.3) is 11.3 Å². The molecular weight excluding hydrogens is 525 g/mol. The highest BCUT2D eigenvalue weighted by Crippen LogP contribution is 2.35. The lowest BCUT2D eigenvalue weighted by atomic mass is 9.89. The SMILES string of the molecule is CCOC(=O)N[C@H]1CCCC[C@@H]1n1cnc(C(=O)N2CCNC[C@H]2CCOc2cccc(F)c2)c1-c1ccccc1. The van der Waals surface area contributed by atoms with Gasteiger partial charge in [-0.1, -0.05) is 49.2 Å². The number of carbonyl (C=O) groups is 2. The number of piperazine rings is 1. The molecule has 1 aromatic heterocycles. The largest absolute Gasteiger partial charge is 0.493 e. The third-order valence-electron chi connectivity index (χ3n) is 7.84. The molecule has 2 heterocycles. The van der Waals surface area contributed by atoms with Gasteiger partial charge in [0.2, 0.25) is 0 Å². The molecule has 2 aromatic carbocycles. The molecule has 0 bridgehead atoms. The molecule has 1 saturated carbocycles. The summed E-state index contributed by atoms with van der Waals surface area (Å²) in [4.78, 5) is 33.1. The molecule has 3 aromatic rings. The van der Waals surface area contributed by atoms with Crippen molar-refractivity contribution in [2.24, 2.45) is 0 Å². The van der Waals surface area contributed by atoms with Crippen molar-refractivity contribution < 1.29 is 23.5 Å². The molecule has 10 heteroatoms. The third-order valence-corrected chi connectivity index (χ3v) is 7.84. The van der Waals surface area contributed by atoms with Gasteiger partial charge in [-0.15, -0.1) is 0 Å². The first kappa shape index (κ1) is 28.6. The van der Waals surface area contributed by atoms with Crippen LogP contribution in [0, 0.1) is 5.82 Å². The molecule has 0 unspecified atom stereocenters. The second-order valence-corrected chi connectivity index (χ2v) is 10.5.